The minimum Gasteiger partial charge on any atom is -0.336 e. The molecule has 2 heterocycles. The second kappa shape index (κ2) is 4.66. The number of pyridine rings is 1. The Hall–Kier alpha value is -1.03. The summed E-state index contributed by atoms with van der Waals surface area (Å²) in [6.07, 6.45) is 1.68. The molecule has 1 fully saturated rings. The van der Waals surface area contributed by atoms with E-state index in [4.69, 9.17) is 0 Å². The van der Waals surface area contributed by atoms with E-state index in [2.05, 4.69) is 4.98 Å². The van der Waals surface area contributed by atoms with Gasteiger partial charge in [-0.1, -0.05) is 6.07 Å². The van der Waals surface area contributed by atoms with Crippen LogP contribution in [0.25, 0.3) is 0 Å². The Bertz CT molecular complexity index is 361. The van der Waals surface area contributed by atoms with Crippen LogP contribution in [0.3, 0.4) is 0 Å². The second-order valence-corrected chi connectivity index (χ2v) is 4.80. The normalized spacial score (nSPS) is 16.5. The Labute approximate surface area is 93.9 Å². The van der Waals surface area contributed by atoms with Crippen LogP contribution in [0, 0.1) is 6.92 Å². The first-order chi connectivity index (χ1) is 7.29. The van der Waals surface area contributed by atoms with Crippen molar-refractivity contribution in [1.29, 1.82) is 0 Å². The number of carbonyl (C=O) groups excluding carboxylic acids is 1. The van der Waals surface area contributed by atoms with Crippen LogP contribution in [0.1, 0.15) is 16.1 Å². The van der Waals surface area contributed by atoms with Gasteiger partial charge >= 0.3 is 0 Å². The van der Waals surface area contributed by atoms with Crippen molar-refractivity contribution >= 4 is 17.7 Å². The summed E-state index contributed by atoms with van der Waals surface area (Å²) in [5.41, 5.74) is 1.56. The van der Waals surface area contributed by atoms with Crippen LogP contribution in [0.2, 0.25) is 0 Å². The first-order valence-corrected chi connectivity index (χ1v) is 6.23. The molecule has 1 aromatic heterocycles. The van der Waals surface area contributed by atoms with E-state index in [1.807, 2.05) is 35.7 Å². The van der Waals surface area contributed by atoms with Crippen molar-refractivity contribution in [2.24, 2.45) is 0 Å². The van der Waals surface area contributed by atoms with Crippen LogP contribution in [0.15, 0.2) is 18.3 Å². The summed E-state index contributed by atoms with van der Waals surface area (Å²) in [5, 5.41) is 0. The molecule has 0 aromatic carbocycles. The van der Waals surface area contributed by atoms with E-state index in [0.29, 0.717) is 5.69 Å². The number of thioether (sulfide) groups is 1. The fourth-order valence-electron chi connectivity index (χ4n) is 1.63. The Morgan fingerprint density at radius 2 is 2.20 bits per heavy atom. The first-order valence-electron chi connectivity index (χ1n) is 5.07. The molecule has 15 heavy (non-hydrogen) atoms. The maximum atomic E-state index is 12.1. The molecule has 80 valence electrons. The summed E-state index contributed by atoms with van der Waals surface area (Å²) in [6, 6.07) is 3.79. The van der Waals surface area contributed by atoms with Gasteiger partial charge in [-0.25, -0.2) is 0 Å². The Balaban J connectivity index is 2.16. The summed E-state index contributed by atoms with van der Waals surface area (Å²) in [5.74, 6) is 2.16. The average molecular weight is 222 g/mol. The van der Waals surface area contributed by atoms with Gasteiger partial charge in [0.15, 0.2) is 0 Å². The van der Waals surface area contributed by atoms with Crippen LogP contribution in [-0.2, 0) is 0 Å². The third kappa shape index (κ3) is 2.31. The average Bonchev–Trinajstić information content (AvgIpc) is 2.30. The van der Waals surface area contributed by atoms with Gasteiger partial charge in [0.2, 0.25) is 0 Å². The summed E-state index contributed by atoms with van der Waals surface area (Å²) >= 11 is 1.90. The molecule has 4 heteroatoms. The predicted octanol–water partition coefficient (Wildman–Crippen LogP) is 1.58. The minimum absolute atomic E-state index is 0.0772. The predicted molar refractivity (Wildman–Crippen MR) is 62.2 cm³/mol. The monoisotopic (exact) mass is 222 g/mol. The summed E-state index contributed by atoms with van der Waals surface area (Å²) in [4.78, 5) is 18.1. The van der Waals surface area contributed by atoms with Crippen LogP contribution in [0.4, 0.5) is 0 Å². The summed E-state index contributed by atoms with van der Waals surface area (Å²) in [7, 11) is 0. The number of carbonyl (C=O) groups is 1. The van der Waals surface area contributed by atoms with Gasteiger partial charge in [0, 0.05) is 30.8 Å². The third-order valence-corrected chi connectivity index (χ3v) is 3.45. The molecule has 0 saturated carbocycles. The molecule has 2 rings (SSSR count). The van der Waals surface area contributed by atoms with Crippen molar-refractivity contribution in [2.45, 2.75) is 6.92 Å². The van der Waals surface area contributed by atoms with E-state index in [1.165, 1.54) is 0 Å². The van der Waals surface area contributed by atoms with Gasteiger partial charge in [0.05, 0.1) is 0 Å². The van der Waals surface area contributed by atoms with E-state index in [1.54, 1.807) is 6.20 Å². The molecule has 1 aliphatic heterocycles. The van der Waals surface area contributed by atoms with Crippen LogP contribution < -0.4 is 0 Å². The minimum atomic E-state index is 0.0772. The zero-order chi connectivity index (χ0) is 10.7. The van der Waals surface area contributed by atoms with Crippen molar-refractivity contribution in [3.05, 3.63) is 29.6 Å². The number of aryl methyl sites for hydroxylation is 1. The lowest BCUT2D eigenvalue weighted by molar-refractivity contribution is 0.0765. The SMILES string of the molecule is Cc1cccnc1C(=O)N1CCSCC1. The molecule has 1 aromatic rings. The zero-order valence-corrected chi connectivity index (χ0v) is 9.59. The molecular formula is C11H14N2OS. The summed E-state index contributed by atoms with van der Waals surface area (Å²) in [6.45, 7) is 3.62. The molecule has 0 atom stereocenters. The van der Waals surface area contributed by atoms with Gasteiger partial charge in [-0.3, -0.25) is 9.78 Å². The van der Waals surface area contributed by atoms with E-state index >= 15 is 0 Å². The fourth-order valence-corrected chi connectivity index (χ4v) is 2.53. The van der Waals surface area contributed by atoms with Gasteiger partial charge in [-0.05, 0) is 18.6 Å². The van der Waals surface area contributed by atoms with Crippen molar-refractivity contribution < 1.29 is 4.79 Å². The number of hydrogen-bond donors (Lipinski definition) is 0. The molecule has 1 saturated heterocycles. The fraction of sp³-hybridized carbons (Fsp3) is 0.455. The van der Waals surface area contributed by atoms with Crippen molar-refractivity contribution in [2.75, 3.05) is 24.6 Å². The van der Waals surface area contributed by atoms with Gasteiger partial charge < -0.3 is 4.90 Å². The van der Waals surface area contributed by atoms with E-state index in [-0.39, 0.29) is 5.91 Å². The number of hydrogen-bond acceptors (Lipinski definition) is 3. The molecule has 0 unspecified atom stereocenters. The van der Waals surface area contributed by atoms with Crippen LogP contribution in [-0.4, -0.2) is 40.4 Å². The van der Waals surface area contributed by atoms with Crippen molar-refractivity contribution in [1.82, 2.24) is 9.88 Å². The van der Waals surface area contributed by atoms with Crippen molar-refractivity contribution in [3.63, 3.8) is 0 Å². The molecule has 0 aliphatic carbocycles. The van der Waals surface area contributed by atoms with Crippen molar-refractivity contribution in [3.8, 4) is 0 Å². The molecule has 0 radical (unpaired) electrons. The molecule has 0 spiro atoms. The lowest BCUT2D eigenvalue weighted by atomic mass is 10.2. The third-order valence-electron chi connectivity index (χ3n) is 2.51. The first kappa shape index (κ1) is 10.5. The molecule has 3 nitrogen and oxygen atoms in total. The molecular weight excluding hydrogens is 208 g/mol. The number of aromatic nitrogens is 1. The van der Waals surface area contributed by atoms with E-state index in [9.17, 15) is 4.79 Å². The number of nitrogens with zero attached hydrogens (tertiary/aromatic N) is 2. The molecule has 0 bridgehead atoms. The smallest absolute Gasteiger partial charge is 0.272 e. The van der Waals surface area contributed by atoms with Crippen LogP contribution in [0.5, 0.6) is 0 Å². The Morgan fingerprint density at radius 3 is 2.87 bits per heavy atom. The highest BCUT2D eigenvalue weighted by Gasteiger charge is 2.20. The van der Waals surface area contributed by atoms with Gasteiger partial charge in [0.25, 0.3) is 5.91 Å². The highest BCUT2D eigenvalue weighted by Crippen LogP contribution is 2.13. The lowest BCUT2D eigenvalue weighted by Gasteiger charge is -2.26. The van der Waals surface area contributed by atoms with E-state index in [0.717, 1.165) is 30.2 Å². The Kier molecular flexibility index (Phi) is 3.26. The maximum Gasteiger partial charge on any atom is 0.272 e. The standard InChI is InChI=1S/C11H14N2OS/c1-9-3-2-4-12-10(9)11(14)13-5-7-15-8-6-13/h2-4H,5-8H2,1H3. The second-order valence-electron chi connectivity index (χ2n) is 3.57. The summed E-state index contributed by atoms with van der Waals surface area (Å²) < 4.78 is 0. The maximum absolute atomic E-state index is 12.1. The quantitative estimate of drug-likeness (QED) is 0.723. The largest absolute Gasteiger partial charge is 0.336 e. The van der Waals surface area contributed by atoms with Crippen LogP contribution >= 0.6 is 11.8 Å². The Morgan fingerprint density at radius 1 is 1.47 bits per heavy atom. The highest BCUT2D eigenvalue weighted by molar-refractivity contribution is 7.99. The molecule has 0 N–H and O–H groups in total. The number of amides is 1. The van der Waals surface area contributed by atoms with Gasteiger partial charge in [-0.15, -0.1) is 0 Å². The van der Waals surface area contributed by atoms with E-state index < -0.39 is 0 Å². The lowest BCUT2D eigenvalue weighted by Crippen LogP contribution is -2.38. The molecule has 1 aliphatic rings. The number of rotatable bonds is 1. The van der Waals surface area contributed by atoms with Gasteiger partial charge in [-0.2, -0.15) is 11.8 Å². The zero-order valence-electron chi connectivity index (χ0n) is 8.77. The topological polar surface area (TPSA) is 33.2 Å². The molecule has 1 amide bonds. The van der Waals surface area contributed by atoms with Gasteiger partial charge in [0.1, 0.15) is 5.69 Å². The highest BCUT2D eigenvalue weighted by atomic mass is 32.2.